The van der Waals surface area contributed by atoms with Gasteiger partial charge in [0.15, 0.2) is 0 Å². The van der Waals surface area contributed by atoms with Crippen LogP contribution >= 0.6 is 12.6 Å². The molecule has 0 aliphatic rings. The Balaban J connectivity index is 0.000000424. The van der Waals surface area contributed by atoms with Crippen molar-refractivity contribution in [3.8, 4) is 5.40 Å². The van der Waals surface area contributed by atoms with Crippen LogP contribution in [-0.2, 0) is 0 Å². The molecule has 0 spiro atoms. The van der Waals surface area contributed by atoms with Crippen molar-refractivity contribution in [1.29, 1.82) is 5.26 Å². The summed E-state index contributed by atoms with van der Waals surface area (Å²) in [5.74, 6) is 0. The molecular weight excluding hydrogens is 182 g/mol. The Morgan fingerprint density at radius 2 is 1.77 bits per heavy atom. The van der Waals surface area contributed by atoms with Crippen LogP contribution in [0.4, 0.5) is 11.4 Å². The maximum Gasteiger partial charge on any atom is 0.130 e. The second-order valence-corrected chi connectivity index (χ2v) is 2.81. The van der Waals surface area contributed by atoms with E-state index >= 15 is 0 Å². The van der Waals surface area contributed by atoms with Crippen molar-refractivity contribution in [3.05, 3.63) is 23.3 Å². The molecule has 0 atom stereocenters. The van der Waals surface area contributed by atoms with Crippen LogP contribution in [0.25, 0.3) is 0 Å². The number of benzene rings is 1. The summed E-state index contributed by atoms with van der Waals surface area (Å²) in [5, 5.41) is 8.63. The lowest BCUT2D eigenvalue weighted by atomic mass is 10.1. The third-order valence-electron chi connectivity index (χ3n) is 1.77. The zero-order valence-corrected chi connectivity index (χ0v) is 8.60. The van der Waals surface area contributed by atoms with Gasteiger partial charge in [0.25, 0.3) is 0 Å². The predicted octanol–water partition coefficient (Wildman–Crippen LogP) is 1.87. The number of aryl methyl sites for hydroxylation is 1. The Morgan fingerprint density at radius 1 is 1.31 bits per heavy atom. The molecule has 0 aromatic heterocycles. The summed E-state index contributed by atoms with van der Waals surface area (Å²) in [6, 6.07) is 3.80. The number of thiocyanates is 1. The van der Waals surface area contributed by atoms with Gasteiger partial charge in [-0.1, -0.05) is 18.7 Å². The van der Waals surface area contributed by atoms with Crippen LogP contribution in [0.5, 0.6) is 0 Å². The fourth-order valence-electron chi connectivity index (χ4n) is 0.881. The van der Waals surface area contributed by atoms with Gasteiger partial charge >= 0.3 is 0 Å². The number of nitriles is 1. The predicted molar refractivity (Wildman–Crippen MR) is 59.3 cm³/mol. The largest absolute Gasteiger partial charge is 0.398 e. The van der Waals surface area contributed by atoms with Gasteiger partial charge in [-0.3, -0.25) is 0 Å². The zero-order chi connectivity index (χ0) is 10.4. The smallest absolute Gasteiger partial charge is 0.130 e. The Kier molecular flexibility index (Phi) is 4.78. The van der Waals surface area contributed by atoms with Crippen molar-refractivity contribution in [1.82, 2.24) is 0 Å². The van der Waals surface area contributed by atoms with Crippen molar-refractivity contribution < 1.29 is 0 Å². The third-order valence-corrected chi connectivity index (χ3v) is 1.77. The molecule has 0 saturated heterocycles. The molecule has 0 aliphatic heterocycles. The highest BCUT2D eigenvalue weighted by Gasteiger charge is 1.99. The average Bonchev–Trinajstić information content (AvgIpc) is 2.10. The molecule has 3 nitrogen and oxygen atoms in total. The quantitative estimate of drug-likeness (QED) is 0.336. The SMILES string of the molecule is Cc1ccc(N)c(C)c1N.N#CS. The highest BCUT2D eigenvalue weighted by Crippen LogP contribution is 2.21. The molecule has 13 heavy (non-hydrogen) atoms. The molecule has 0 radical (unpaired) electrons. The van der Waals surface area contributed by atoms with Gasteiger partial charge in [0, 0.05) is 11.4 Å². The first-order valence-electron chi connectivity index (χ1n) is 3.69. The van der Waals surface area contributed by atoms with Crippen LogP contribution in [0, 0.1) is 24.5 Å². The van der Waals surface area contributed by atoms with Crippen molar-refractivity contribution in [2.45, 2.75) is 13.8 Å². The van der Waals surface area contributed by atoms with Gasteiger partial charge in [-0.15, -0.1) is 0 Å². The number of thiol groups is 1. The minimum atomic E-state index is 0.767. The van der Waals surface area contributed by atoms with Gasteiger partial charge in [-0.25, -0.2) is 0 Å². The molecule has 1 aromatic carbocycles. The third kappa shape index (κ3) is 3.26. The van der Waals surface area contributed by atoms with E-state index in [1.54, 1.807) is 0 Å². The monoisotopic (exact) mass is 195 g/mol. The van der Waals surface area contributed by atoms with Crippen LogP contribution in [0.1, 0.15) is 11.1 Å². The zero-order valence-electron chi connectivity index (χ0n) is 7.70. The molecule has 70 valence electrons. The number of rotatable bonds is 0. The fourth-order valence-corrected chi connectivity index (χ4v) is 0.881. The second kappa shape index (κ2) is 5.33. The molecule has 4 heteroatoms. The Bertz CT molecular complexity index is 301. The van der Waals surface area contributed by atoms with Crippen LogP contribution < -0.4 is 11.5 Å². The van der Waals surface area contributed by atoms with Gasteiger partial charge in [0.05, 0.1) is 0 Å². The molecule has 0 amide bonds. The molecule has 0 saturated carbocycles. The number of hydrogen-bond acceptors (Lipinski definition) is 4. The molecule has 0 bridgehead atoms. The van der Waals surface area contributed by atoms with E-state index in [-0.39, 0.29) is 0 Å². The van der Waals surface area contributed by atoms with E-state index in [9.17, 15) is 0 Å². The highest BCUT2D eigenvalue weighted by molar-refractivity contribution is 7.85. The van der Waals surface area contributed by atoms with Gasteiger partial charge in [-0.05, 0) is 31.0 Å². The molecule has 4 N–H and O–H groups in total. The van der Waals surface area contributed by atoms with E-state index in [2.05, 4.69) is 12.6 Å². The second-order valence-electron chi connectivity index (χ2n) is 2.61. The summed E-state index contributed by atoms with van der Waals surface area (Å²) < 4.78 is 0. The average molecular weight is 195 g/mol. The number of nitrogen functional groups attached to an aromatic ring is 2. The van der Waals surface area contributed by atoms with Crippen LogP contribution in [0.2, 0.25) is 0 Å². The maximum absolute atomic E-state index is 7.18. The molecule has 0 fully saturated rings. The van der Waals surface area contributed by atoms with E-state index in [1.807, 2.05) is 26.0 Å². The number of hydrogen-bond donors (Lipinski definition) is 3. The van der Waals surface area contributed by atoms with Crippen LogP contribution in [0.3, 0.4) is 0 Å². The lowest BCUT2D eigenvalue weighted by Crippen LogP contribution is -1.97. The van der Waals surface area contributed by atoms with Crippen molar-refractivity contribution in [3.63, 3.8) is 0 Å². The lowest BCUT2D eigenvalue weighted by molar-refractivity contribution is 1.39. The first-order chi connectivity index (χ1) is 6.04. The number of nitrogens with two attached hydrogens (primary N) is 2. The number of nitrogens with zero attached hydrogens (tertiary/aromatic N) is 1. The van der Waals surface area contributed by atoms with Crippen molar-refractivity contribution in [2.24, 2.45) is 0 Å². The number of anilines is 2. The Labute approximate surface area is 83.8 Å². The molecule has 0 aliphatic carbocycles. The topological polar surface area (TPSA) is 75.8 Å². The van der Waals surface area contributed by atoms with Gasteiger partial charge in [0.2, 0.25) is 0 Å². The van der Waals surface area contributed by atoms with Gasteiger partial charge in [0.1, 0.15) is 5.40 Å². The fraction of sp³-hybridized carbons (Fsp3) is 0.222. The Morgan fingerprint density at radius 3 is 2.15 bits per heavy atom. The first-order valence-corrected chi connectivity index (χ1v) is 4.13. The minimum absolute atomic E-state index is 0.767. The minimum Gasteiger partial charge on any atom is -0.398 e. The van der Waals surface area contributed by atoms with Crippen LogP contribution in [-0.4, -0.2) is 0 Å². The standard InChI is InChI=1S/C8H12N2.CHNS/c1-5-3-4-7(9)6(2)8(5)10;2-1-3/h3-4H,9-10H2,1-2H3;3H. The van der Waals surface area contributed by atoms with Crippen LogP contribution in [0.15, 0.2) is 12.1 Å². The summed E-state index contributed by atoms with van der Waals surface area (Å²) in [5.41, 5.74) is 15.0. The summed E-state index contributed by atoms with van der Waals surface area (Å²) in [6.45, 7) is 3.90. The Hall–Kier alpha value is -1.34. The lowest BCUT2D eigenvalue weighted by Gasteiger charge is -2.05. The van der Waals surface area contributed by atoms with E-state index in [0.717, 1.165) is 22.5 Å². The van der Waals surface area contributed by atoms with Gasteiger partial charge < -0.3 is 11.5 Å². The van der Waals surface area contributed by atoms with E-state index in [4.69, 9.17) is 16.7 Å². The molecular formula is C9H13N3S. The highest BCUT2D eigenvalue weighted by atomic mass is 32.1. The molecule has 0 heterocycles. The molecule has 1 rings (SSSR count). The van der Waals surface area contributed by atoms with Crippen molar-refractivity contribution >= 4 is 24.0 Å². The summed E-state index contributed by atoms with van der Waals surface area (Å²) in [6.07, 6.45) is 0. The first kappa shape index (κ1) is 11.7. The molecule has 0 unspecified atom stereocenters. The van der Waals surface area contributed by atoms with E-state index < -0.39 is 0 Å². The summed E-state index contributed by atoms with van der Waals surface area (Å²) in [4.78, 5) is 0. The van der Waals surface area contributed by atoms with Crippen molar-refractivity contribution in [2.75, 3.05) is 11.5 Å². The van der Waals surface area contributed by atoms with E-state index in [1.165, 1.54) is 5.40 Å². The maximum atomic E-state index is 7.18. The summed E-state index contributed by atoms with van der Waals surface area (Å²) in [7, 11) is 0. The normalized spacial score (nSPS) is 8.15. The van der Waals surface area contributed by atoms with E-state index in [0.29, 0.717) is 0 Å². The summed E-state index contributed by atoms with van der Waals surface area (Å²) >= 11 is 3.09. The molecule has 1 aromatic rings. The van der Waals surface area contributed by atoms with Gasteiger partial charge in [-0.2, -0.15) is 5.26 Å².